The first-order valence-electron chi connectivity index (χ1n) is 5.01. The first kappa shape index (κ1) is 11.5. The molecule has 0 spiro atoms. The van der Waals surface area contributed by atoms with Crippen molar-refractivity contribution in [1.82, 2.24) is 5.32 Å². The standard InChI is InChI=1S/C12H12Cl2N2/c1-7-8(2)15-12(16-11(7)14)9-5-3-4-6-10(9)13/h3-6,12,15H,1-2H3. The van der Waals surface area contributed by atoms with Crippen LogP contribution < -0.4 is 5.32 Å². The van der Waals surface area contributed by atoms with Crippen LogP contribution in [0.1, 0.15) is 25.6 Å². The van der Waals surface area contributed by atoms with E-state index in [1.165, 1.54) is 0 Å². The minimum Gasteiger partial charge on any atom is -0.363 e. The van der Waals surface area contributed by atoms with E-state index >= 15 is 0 Å². The Bertz CT molecular complexity index is 478. The summed E-state index contributed by atoms with van der Waals surface area (Å²) < 4.78 is 0. The number of nitrogens with one attached hydrogen (secondary N) is 1. The lowest BCUT2D eigenvalue weighted by Gasteiger charge is -2.24. The van der Waals surface area contributed by atoms with Gasteiger partial charge in [0.05, 0.1) is 0 Å². The van der Waals surface area contributed by atoms with Crippen molar-refractivity contribution in [3.8, 4) is 0 Å². The Balaban J connectivity index is 2.37. The lowest BCUT2D eigenvalue weighted by Crippen LogP contribution is -2.25. The Morgan fingerprint density at radius 2 is 1.88 bits per heavy atom. The van der Waals surface area contributed by atoms with Crippen molar-refractivity contribution >= 4 is 28.4 Å². The average Bonchev–Trinajstić information content (AvgIpc) is 2.26. The van der Waals surface area contributed by atoms with Gasteiger partial charge in [-0.15, -0.1) is 0 Å². The fraction of sp³-hybridized carbons (Fsp3) is 0.250. The van der Waals surface area contributed by atoms with E-state index < -0.39 is 0 Å². The lowest BCUT2D eigenvalue weighted by atomic mass is 10.1. The minimum atomic E-state index is -0.190. The van der Waals surface area contributed by atoms with Gasteiger partial charge in [0.25, 0.3) is 0 Å². The maximum atomic E-state index is 6.12. The molecule has 0 aliphatic carbocycles. The van der Waals surface area contributed by atoms with Gasteiger partial charge in [-0.2, -0.15) is 0 Å². The van der Waals surface area contributed by atoms with Crippen LogP contribution in [0.3, 0.4) is 0 Å². The van der Waals surface area contributed by atoms with E-state index in [2.05, 4.69) is 10.3 Å². The summed E-state index contributed by atoms with van der Waals surface area (Å²) in [6, 6.07) is 7.63. The highest BCUT2D eigenvalue weighted by Gasteiger charge is 2.19. The van der Waals surface area contributed by atoms with Crippen molar-refractivity contribution in [2.75, 3.05) is 0 Å². The maximum absolute atomic E-state index is 6.12. The SMILES string of the molecule is CC1=C(C)C(Cl)=NC(c2ccccc2Cl)N1. The van der Waals surface area contributed by atoms with Gasteiger partial charge in [0.2, 0.25) is 0 Å². The molecule has 16 heavy (non-hydrogen) atoms. The van der Waals surface area contributed by atoms with Crippen molar-refractivity contribution in [2.45, 2.75) is 20.0 Å². The first-order valence-corrected chi connectivity index (χ1v) is 5.77. The van der Waals surface area contributed by atoms with Gasteiger partial charge in [0.1, 0.15) is 11.3 Å². The molecule has 0 radical (unpaired) electrons. The average molecular weight is 255 g/mol. The molecule has 0 saturated heterocycles. The van der Waals surface area contributed by atoms with Crippen LogP contribution in [-0.4, -0.2) is 5.17 Å². The molecule has 1 unspecified atom stereocenters. The van der Waals surface area contributed by atoms with Crippen LogP contribution in [-0.2, 0) is 0 Å². The monoisotopic (exact) mass is 254 g/mol. The Kier molecular flexibility index (Phi) is 3.22. The second-order valence-corrected chi connectivity index (χ2v) is 4.50. The first-order chi connectivity index (χ1) is 7.59. The van der Waals surface area contributed by atoms with Gasteiger partial charge < -0.3 is 5.32 Å². The van der Waals surface area contributed by atoms with Crippen LogP contribution >= 0.6 is 23.2 Å². The molecule has 2 nitrogen and oxygen atoms in total. The third-order valence-electron chi connectivity index (χ3n) is 2.67. The molecule has 4 heteroatoms. The molecule has 0 bridgehead atoms. The minimum absolute atomic E-state index is 0.190. The van der Waals surface area contributed by atoms with Gasteiger partial charge in [-0.25, -0.2) is 4.99 Å². The zero-order valence-electron chi connectivity index (χ0n) is 9.09. The van der Waals surface area contributed by atoms with Crippen molar-refractivity contribution < 1.29 is 0 Å². The molecule has 0 aromatic heterocycles. The van der Waals surface area contributed by atoms with Crippen molar-refractivity contribution in [1.29, 1.82) is 0 Å². The van der Waals surface area contributed by atoms with Gasteiger partial charge in [-0.3, -0.25) is 0 Å². The Morgan fingerprint density at radius 3 is 2.50 bits per heavy atom. The normalized spacial score (nSPS) is 20.5. The fourth-order valence-corrected chi connectivity index (χ4v) is 2.03. The third kappa shape index (κ3) is 2.08. The Hall–Kier alpha value is -0.990. The predicted molar refractivity (Wildman–Crippen MR) is 69.0 cm³/mol. The summed E-state index contributed by atoms with van der Waals surface area (Å²) in [4.78, 5) is 4.37. The smallest absolute Gasteiger partial charge is 0.147 e. The highest BCUT2D eigenvalue weighted by Crippen LogP contribution is 2.28. The Labute approximate surface area is 105 Å². The van der Waals surface area contributed by atoms with Gasteiger partial charge in [0, 0.05) is 21.9 Å². The molecule has 1 heterocycles. The van der Waals surface area contributed by atoms with E-state index in [1.807, 2.05) is 38.1 Å². The molecule has 1 aliphatic rings. The van der Waals surface area contributed by atoms with Gasteiger partial charge in [0.15, 0.2) is 0 Å². The molecule has 0 fully saturated rings. The third-order valence-corrected chi connectivity index (χ3v) is 3.39. The molecular formula is C12H12Cl2N2. The van der Waals surface area contributed by atoms with E-state index in [-0.39, 0.29) is 6.17 Å². The molecule has 84 valence electrons. The lowest BCUT2D eigenvalue weighted by molar-refractivity contribution is 0.616. The zero-order chi connectivity index (χ0) is 11.7. The number of hydrogen-bond donors (Lipinski definition) is 1. The van der Waals surface area contributed by atoms with E-state index in [4.69, 9.17) is 23.2 Å². The summed E-state index contributed by atoms with van der Waals surface area (Å²) >= 11 is 12.2. The largest absolute Gasteiger partial charge is 0.363 e. The van der Waals surface area contributed by atoms with E-state index in [0.29, 0.717) is 10.2 Å². The van der Waals surface area contributed by atoms with Crippen LogP contribution in [0, 0.1) is 0 Å². The van der Waals surface area contributed by atoms with Crippen molar-refractivity contribution in [3.05, 3.63) is 46.1 Å². The fourth-order valence-electron chi connectivity index (χ4n) is 1.55. The Morgan fingerprint density at radius 1 is 1.19 bits per heavy atom. The van der Waals surface area contributed by atoms with Crippen LogP contribution in [0.4, 0.5) is 0 Å². The summed E-state index contributed by atoms with van der Waals surface area (Å²) in [6.45, 7) is 3.92. The summed E-state index contributed by atoms with van der Waals surface area (Å²) in [6.07, 6.45) is -0.190. The molecule has 1 aliphatic heterocycles. The van der Waals surface area contributed by atoms with E-state index in [0.717, 1.165) is 16.8 Å². The topological polar surface area (TPSA) is 24.4 Å². The number of hydrogen-bond acceptors (Lipinski definition) is 2. The van der Waals surface area contributed by atoms with Crippen LogP contribution in [0.5, 0.6) is 0 Å². The van der Waals surface area contributed by atoms with Gasteiger partial charge in [-0.1, -0.05) is 41.4 Å². The molecule has 1 aromatic carbocycles. The molecule has 1 N–H and O–H groups in total. The van der Waals surface area contributed by atoms with E-state index in [1.54, 1.807) is 0 Å². The molecule has 1 aromatic rings. The number of nitrogens with zero attached hydrogens (tertiary/aromatic N) is 1. The van der Waals surface area contributed by atoms with Gasteiger partial charge in [-0.05, 0) is 19.9 Å². The number of allylic oxidation sites excluding steroid dienone is 2. The maximum Gasteiger partial charge on any atom is 0.147 e. The zero-order valence-corrected chi connectivity index (χ0v) is 10.6. The number of benzene rings is 1. The quantitative estimate of drug-likeness (QED) is 0.809. The van der Waals surface area contributed by atoms with Crippen molar-refractivity contribution in [2.24, 2.45) is 4.99 Å². The van der Waals surface area contributed by atoms with Crippen LogP contribution in [0.25, 0.3) is 0 Å². The molecule has 0 amide bonds. The summed E-state index contributed by atoms with van der Waals surface area (Å²) in [5.74, 6) is 0. The van der Waals surface area contributed by atoms with Crippen LogP contribution in [0.2, 0.25) is 5.02 Å². The van der Waals surface area contributed by atoms with Crippen molar-refractivity contribution in [3.63, 3.8) is 0 Å². The summed E-state index contributed by atoms with van der Waals surface area (Å²) in [7, 11) is 0. The van der Waals surface area contributed by atoms with Gasteiger partial charge >= 0.3 is 0 Å². The number of halogens is 2. The summed E-state index contributed by atoms with van der Waals surface area (Å²) in [5.41, 5.74) is 2.95. The highest BCUT2D eigenvalue weighted by atomic mass is 35.5. The number of rotatable bonds is 1. The molecule has 0 saturated carbocycles. The van der Waals surface area contributed by atoms with E-state index in [9.17, 15) is 0 Å². The second-order valence-electron chi connectivity index (χ2n) is 3.74. The number of aliphatic imine (C=N–C) groups is 1. The second kappa shape index (κ2) is 4.48. The van der Waals surface area contributed by atoms with Crippen LogP contribution in [0.15, 0.2) is 40.5 Å². The molecule has 2 rings (SSSR count). The molecular weight excluding hydrogens is 243 g/mol. The predicted octanol–water partition coefficient (Wildman–Crippen LogP) is 3.87. The molecule has 1 atom stereocenters. The highest BCUT2D eigenvalue weighted by molar-refractivity contribution is 6.69. The summed E-state index contributed by atoms with van der Waals surface area (Å²) in [5, 5.41) is 4.51.